The first-order valence-corrected chi connectivity index (χ1v) is 13.4. The zero-order valence-corrected chi connectivity index (χ0v) is 24.2. The fourth-order valence-corrected chi connectivity index (χ4v) is 3.77. The Bertz CT molecular complexity index is 1360. The van der Waals surface area contributed by atoms with Crippen molar-refractivity contribution >= 4 is 45.6 Å². The summed E-state index contributed by atoms with van der Waals surface area (Å²) in [7, 11) is 3.80. The lowest BCUT2D eigenvalue weighted by atomic mass is 10.1. The summed E-state index contributed by atoms with van der Waals surface area (Å²) in [6, 6.07) is 8.26. The molecule has 0 aliphatic heterocycles. The van der Waals surface area contributed by atoms with Crippen LogP contribution < -0.4 is 20.1 Å². The number of rotatable bonds is 16. The zero-order valence-electron chi connectivity index (χ0n) is 23.5. The normalized spacial score (nSPS) is 11.8. The monoisotopic (exact) mass is 611 g/mol. The Morgan fingerprint density at radius 2 is 1.76 bits per heavy atom. The molecule has 0 saturated heterocycles. The van der Waals surface area contributed by atoms with Gasteiger partial charge in [-0.2, -0.15) is 13.2 Å². The van der Waals surface area contributed by atoms with E-state index in [0.717, 1.165) is 0 Å². The Kier molecular flexibility index (Phi) is 12.6. The standard InChI is InChI=1S/C28H33ClF3N5O5/c1-4-39-10-12-42-25-16-22-20(15-23(25)36-26(38)6-5-9-37(2)3)27(34-18-33-22)35-19-7-8-24(21(29)14-19)41-13-11-40-17-28(30,31)32/h5-8,14-16,18H,4,9-13,17H2,1-3H3,(H,36,38)(H,33,34,35)/b6-5+. The molecule has 0 aliphatic carbocycles. The van der Waals surface area contributed by atoms with Crippen molar-refractivity contribution in [3.8, 4) is 11.5 Å². The lowest BCUT2D eigenvalue weighted by molar-refractivity contribution is -0.175. The molecule has 3 aromatic rings. The van der Waals surface area contributed by atoms with E-state index in [1.165, 1.54) is 12.4 Å². The van der Waals surface area contributed by atoms with Crippen molar-refractivity contribution < 1.29 is 36.9 Å². The van der Waals surface area contributed by atoms with E-state index in [-0.39, 0.29) is 36.5 Å². The molecule has 228 valence electrons. The minimum absolute atomic E-state index is 0.104. The van der Waals surface area contributed by atoms with Crippen LogP contribution in [0.3, 0.4) is 0 Å². The molecule has 0 spiro atoms. The molecule has 0 aliphatic rings. The third-order valence-electron chi connectivity index (χ3n) is 5.37. The van der Waals surface area contributed by atoms with Crippen molar-refractivity contribution in [1.29, 1.82) is 0 Å². The van der Waals surface area contributed by atoms with Crippen LogP contribution in [0.1, 0.15) is 6.92 Å². The van der Waals surface area contributed by atoms with Gasteiger partial charge in [0.25, 0.3) is 0 Å². The fraction of sp³-hybridized carbons (Fsp3) is 0.393. The van der Waals surface area contributed by atoms with E-state index >= 15 is 0 Å². The van der Waals surface area contributed by atoms with Gasteiger partial charge in [0.2, 0.25) is 5.91 Å². The summed E-state index contributed by atoms with van der Waals surface area (Å²) < 4.78 is 57.8. The molecule has 10 nitrogen and oxygen atoms in total. The molecule has 1 heterocycles. The molecule has 42 heavy (non-hydrogen) atoms. The van der Waals surface area contributed by atoms with Crippen molar-refractivity contribution in [3.63, 3.8) is 0 Å². The van der Waals surface area contributed by atoms with Crippen molar-refractivity contribution in [2.45, 2.75) is 13.1 Å². The Hall–Kier alpha value is -3.65. The van der Waals surface area contributed by atoms with Gasteiger partial charge in [-0.25, -0.2) is 9.97 Å². The van der Waals surface area contributed by atoms with Crippen LogP contribution in [0.15, 0.2) is 48.8 Å². The number of hydrogen-bond acceptors (Lipinski definition) is 9. The second-order valence-electron chi connectivity index (χ2n) is 9.07. The van der Waals surface area contributed by atoms with Crippen LogP contribution in [0.2, 0.25) is 5.02 Å². The average molecular weight is 612 g/mol. The summed E-state index contributed by atoms with van der Waals surface area (Å²) in [5.74, 6) is 0.810. The van der Waals surface area contributed by atoms with Crippen LogP contribution >= 0.6 is 11.6 Å². The predicted molar refractivity (Wildman–Crippen MR) is 155 cm³/mol. The van der Waals surface area contributed by atoms with Gasteiger partial charge in [-0.15, -0.1) is 0 Å². The molecule has 0 fully saturated rings. The van der Waals surface area contributed by atoms with Crippen molar-refractivity contribution in [1.82, 2.24) is 14.9 Å². The maximum absolute atomic E-state index is 12.6. The number of carbonyl (C=O) groups excluding carboxylic acids is 1. The Morgan fingerprint density at radius 1 is 1.02 bits per heavy atom. The van der Waals surface area contributed by atoms with Gasteiger partial charge in [-0.05, 0) is 45.3 Å². The quantitative estimate of drug-likeness (QED) is 0.161. The van der Waals surface area contributed by atoms with Crippen LogP contribution in [0, 0.1) is 0 Å². The van der Waals surface area contributed by atoms with Crippen LogP contribution in [-0.2, 0) is 14.3 Å². The average Bonchev–Trinajstić information content (AvgIpc) is 2.91. The van der Waals surface area contributed by atoms with Crippen molar-refractivity contribution in [3.05, 3.63) is 53.8 Å². The van der Waals surface area contributed by atoms with Gasteiger partial charge < -0.3 is 34.5 Å². The number of anilines is 3. The molecule has 0 unspecified atom stereocenters. The zero-order chi connectivity index (χ0) is 30.5. The number of carbonyl (C=O) groups is 1. The van der Waals surface area contributed by atoms with Gasteiger partial charge in [-0.3, -0.25) is 4.79 Å². The summed E-state index contributed by atoms with van der Waals surface area (Å²) in [4.78, 5) is 23.3. The lowest BCUT2D eigenvalue weighted by Crippen LogP contribution is -2.19. The van der Waals surface area contributed by atoms with E-state index in [9.17, 15) is 18.0 Å². The first-order chi connectivity index (χ1) is 20.1. The van der Waals surface area contributed by atoms with E-state index in [1.54, 1.807) is 36.4 Å². The van der Waals surface area contributed by atoms with E-state index in [4.69, 9.17) is 25.8 Å². The third kappa shape index (κ3) is 11.0. The number of nitrogens with one attached hydrogen (secondary N) is 2. The molecule has 0 saturated carbocycles. The Balaban J connectivity index is 1.79. The summed E-state index contributed by atoms with van der Waals surface area (Å²) in [6.45, 7) is 1.99. The molecule has 1 aromatic heterocycles. The van der Waals surface area contributed by atoms with Gasteiger partial charge in [0, 0.05) is 36.4 Å². The molecule has 0 bridgehead atoms. The van der Waals surface area contributed by atoms with E-state index < -0.39 is 12.8 Å². The molecule has 1 amide bonds. The summed E-state index contributed by atoms with van der Waals surface area (Å²) >= 11 is 6.33. The van der Waals surface area contributed by atoms with E-state index in [1.807, 2.05) is 25.9 Å². The molecule has 2 aromatic carbocycles. The first kappa shape index (κ1) is 32.9. The minimum Gasteiger partial charge on any atom is -0.490 e. The number of nitrogens with zero attached hydrogens (tertiary/aromatic N) is 3. The number of amides is 1. The number of aromatic nitrogens is 2. The molecule has 0 atom stereocenters. The first-order valence-electron chi connectivity index (χ1n) is 13.0. The Labute approximate surface area is 246 Å². The van der Waals surface area contributed by atoms with Gasteiger partial charge in [-0.1, -0.05) is 17.7 Å². The van der Waals surface area contributed by atoms with Crippen molar-refractivity contribution in [2.24, 2.45) is 0 Å². The van der Waals surface area contributed by atoms with Crippen molar-refractivity contribution in [2.75, 3.05) is 70.9 Å². The molecular weight excluding hydrogens is 579 g/mol. The highest BCUT2D eigenvalue weighted by molar-refractivity contribution is 6.32. The molecule has 14 heteroatoms. The number of likely N-dealkylation sites (N-methyl/N-ethyl adjacent to an activating group) is 1. The fourth-order valence-electron chi connectivity index (χ4n) is 3.53. The highest BCUT2D eigenvalue weighted by Crippen LogP contribution is 2.35. The number of halogens is 4. The summed E-state index contributed by atoms with van der Waals surface area (Å²) in [5, 5.41) is 6.87. The maximum atomic E-state index is 12.6. The van der Waals surface area contributed by atoms with Crippen LogP contribution in [0.5, 0.6) is 11.5 Å². The van der Waals surface area contributed by atoms with Gasteiger partial charge in [0.05, 0.1) is 29.4 Å². The molecule has 3 rings (SSSR count). The number of fused-ring (bicyclic) bond motifs is 1. The molecular formula is C28H33ClF3N5O5. The number of benzene rings is 2. The summed E-state index contributed by atoms with van der Waals surface area (Å²) in [6.07, 6.45) is 0.179. The van der Waals surface area contributed by atoms with Gasteiger partial charge in [0.15, 0.2) is 0 Å². The largest absolute Gasteiger partial charge is 0.490 e. The van der Waals surface area contributed by atoms with Gasteiger partial charge >= 0.3 is 6.18 Å². The maximum Gasteiger partial charge on any atom is 0.411 e. The number of hydrogen-bond donors (Lipinski definition) is 2. The highest BCUT2D eigenvalue weighted by atomic mass is 35.5. The smallest absolute Gasteiger partial charge is 0.411 e. The third-order valence-corrected chi connectivity index (χ3v) is 5.66. The number of alkyl halides is 3. The van der Waals surface area contributed by atoms with Crippen LogP contribution in [0.4, 0.5) is 30.4 Å². The van der Waals surface area contributed by atoms with E-state index in [2.05, 4.69) is 25.3 Å². The van der Waals surface area contributed by atoms with Crippen LogP contribution in [0.25, 0.3) is 10.9 Å². The van der Waals surface area contributed by atoms with E-state index in [0.29, 0.717) is 53.6 Å². The summed E-state index contributed by atoms with van der Waals surface area (Å²) in [5.41, 5.74) is 1.55. The second kappa shape index (κ2) is 16.1. The minimum atomic E-state index is -4.40. The predicted octanol–water partition coefficient (Wildman–Crippen LogP) is 5.46. The highest BCUT2D eigenvalue weighted by Gasteiger charge is 2.27. The van der Waals surface area contributed by atoms with Crippen LogP contribution in [-0.4, -0.2) is 87.2 Å². The topological polar surface area (TPSA) is 107 Å². The SMILES string of the molecule is CCOCCOc1cc2ncnc(Nc3ccc(OCCOCC(F)(F)F)c(Cl)c3)c2cc1NC(=O)/C=C/CN(C)C. The Morgan fingerprint density at radius 3 is 2.45 bits per heavy atom. The number of ether oxygens (including phenoxy) is 4. The second-order valence-corrected chi connectivity index (χ2v) is 9.48. The lowest BCUT2D eigenvalue weighted by Gasteiger charge is -2.15. The molecule has 2 N–H and O–H groups in total. The molecule has 0 radical (unpaired) electrons. The van der Waals surface area contributed by atoms with Gasteiger partial charge in [0.1, 0.15) is 43.5 Å².